The number of hydrogen-bond acceptors (Lipinski definition) is 3. The first kappa shape index (κ1) is 15.3. The van der Waals surface area contributed by atoms with Crippen molar-refractivity contribution in [2.24, 2.45) is 0 Å². The molecule has 0 aliphatic heterocycles. The van der Waals surface area contributed by atoms with E-state index in [0.717, 1.165) is 17.0 Å². The van der Waals surface area contributed by atoms with Crippen LogP contribution in [0.25, 0.3) is 0 Å². The summed E-state index contributed by atoms with van der Waals surface area (Å²) in [6.07, 6.45) is 1.34. The molecule has 2 rings (SSSR count). The number of aromatic nitrogens is 3. The Kier molecular flexibility index (Phi) is 4.47. The van der Waals surface area contributed by atoms with Crippen LogP contribution in [0.15, 0.2) is 17.1 Å². The topological polar surface area (TPSA) is 79.8 Å². The SMILES string of the molecule is Cc1nn(CCNC(=O)c2c[nH]c(=O)c(Cl)c2)c(C)c1C. The number of aromatic amines is 1. The normalized spacial score (nSPS) is 10.7. The van der Waals surface area contributed by atoms with Crippen molar-refractivity contribution >= 4 is 17.5 Å². The third-order valence-electron chi connectivity index (χ3n) is 3.47. The number of H-pyrrole nitrogens is 1. The summed E-state index contributed by atoms with van der Waals surface area (Å²) in [5.41, 5.74) is 3.16. The lowest BCUT2D eigenvalue weighted by molar-refractivity contribution is 0.0951. The highest BCUT2D eigenvalue weighted by atomic mass is 35.5. The van der Waals surface area contributed by atoms with Gasteiger partial charge < -0.3 is 10.3 Å². The van der Waals surface area contributed by atoms with Gasteiger partial charge in [0.2, 0.25) is 0 Å². The fourth-order valence-corrected chi connectivity index (χ4v) is 2.14. The number of hydrogen-bond donors (Lipinski definition) is 2. The van der Waals surface area contributed by atoms with Gasteiger partial charge in [-0.3, -0.25) is 14.3 Å². The summed E-state index contributed by atoms with van der Waals surface area (Å²) >= 11 is 5.69. The van der Waals surface area contributed by atoms with E-state index in [1.165, 1.54) is 12.3 Å². The number of amides is 1. The summed E-state index contributed by atoms with van der Waals surface area (Å²) in [6, 6.07) is 1.35. The molecule has 0 unspecified atom stereocenters. The zero-order valence-corrected chi connectivity index (χ0v) is 12.9. The third kappa shape index (κ3) is 3.33. The Bertz CT molecular complexity index is 733. The van der Waals surface area contributed by atoms with Gasteiger partial charge in [-0.05, 0) is 32.4 Å². The zero-order chi connectivity index (χ0) is 15.6. The molecular weight excluding hydrogens is 292 g/mol. The molecule has 0 spiro atoms. The van der Waals surface area contributed by atoms with E-state index in [2.05, 4.69) is 15.4 Å². The van der Waals surface area contributed by atoms with Gasteiger partial charge in [-0.25, -0.2) is 0 Å². The van der Waals surface area contributed by atoms with Crippen LogP contribution in [0.3, 0.4) is 0 Å². The summed E-state index contributed by atoms with van der Waals surface area (Å²) in [4.78, 5) is 25.5. The van der Waals surface area contributed by atoms with Crippen LogP contribution in [-0.4, -0.2) is 27.2 Å². The minimum absolute atomic E-state index is 0.00294. The molecule has 2 aromatic heterocycles. The summed E-state index contributed by atoms with van der Waals surface area (Å²) in [6.45, 7) is 7.01. The molecular formula is C14H17ClN4O2. The Hall–Kier alpha value is -2.08. The fourth-order valence-electron chi connectivity index (χ4n) is 1.97. The van der Waals surface area contributed by atoms with E-state index < -0.39 is 5.56 Å². The van der Waals surface area contributed by atoms with Gasteiger partial charge in [0.25, 0.3) is 11.5 Å². The van der Waals surface area contributed by atoms with Crippen LogP contribution in [0.2, 0.25) is 5.02 Å². The number of carbonyl (C=O) groups is 1. The van der Waals surface area contributed by atoms with Gasteiger partial charge in [-0.15, -0.1) is 0 Å². The van der Waals surface area contributed by atoms with Crippen molar-refractivity contribution in [3.05, 3.63) is 50.2 Å². The number of halogens is 1. The monoisotopic (exact) mass is 308 g/mol. The van der Waals surface area contributed by atoms with Gasteiger partial charge in [0.15, 0.2) is 0 Å². The minimum atomic E-state index is -0.411. The first-order valence-corrected chi connectivity index (χ1v) is 6.95. The summed E-state index contributed by atoms with van der Waals surface area (Å²) in [5, 5.41) is 7.17. The quantitative estimate of drug-likeness (QED) is 0.900. The minimum Gasteiger partial charge on any atom is -0.350 e. The highest BCUT2D eigenvalue weighted by Crippen LogP contribution is 2.10. The summed E-state index contributed by atoms with van der Waals surface area (Å²) in [7, 11) is 0. The van der Waals surface area contributed by atoms with Crippen LogP contribution in [-0.2, 0) is 6.54 Å². The molecule has 0 saturated carbocycles. The molecule has 0 aliphatic carbocycles. The number of carbonyl (C=O) groups excluding carboxylic acids is 1. The van der Waals surface area contributed by atoms with E-state index in [4.69, 9.17) is 11.6 Å². The number of nitrogens with one attached hydrogen (secondary N) is 2. The highest BCUT2D eigenvalue weighted by Gasteiger charge is 2.09. The van der Waals surface area contributed by atoms with E-state index in [-0.39, 0.29) is 10.9 Å². The molecule has 21 heavy (non-hydrogen) atoms. The maximum atomic E-state index is 11.9. The molecule has 2 aromatic rings. The van der Waals surface area contributed by atoms with Crippen molar-refractivity contribution in [3.8, 4) is 0 Å². The Morgan fingerprint density at radius 2 is 2.14 bits per heavy atom. The van der Waals surface area contributed by atoms with Crippen molar-refractivity contribution < 1.29 is 4.79 Å². The zero-order valence-electron chi connectivity index (χ0n) is 12.2. The second-order valence-electron chi connectivity index (χ2n) is 4.84. The lowest BCUT2D eigenvalue weighted by Crippen LogP contribution is -2.28. The van der Waals surface area contributed by atoms with E-state index in [1.54, 1.807) is 0 Å². The van der Waals surface area contributed by atoms with Crippen molar-refractivity contribution in [2.75, 3.05) is 6.54 Å². The first-order valence-electron chi connectivity index (χ1n) is 6.57. The maximum Gasteiger partial charge on any atom is 0.266 e. The van der Waals surface area contributed by atoms with E-state index in [1.807, 2.05) is 25.5 Å². The van der Waals surface area contributed by atoms with E-state index >= 15 is 0 Å². The Labute approximate surface area is 127 Å². The van der Waals surface area contributed by atoms with Crippen LogP contribution in [0.1, 0.15) is 27.3 Å². The van der Waals surface area contributed by atoms with E-state index in [9.17, 15) is 9.59 Å². The number of rotatable bonds is 4. The van der Waals surface area contributed by atoms with Gasteiger partial charge in [-0.1, -0.05) is 11.6 Å². The van der Waals surface area contributed by atoms with Crippen molar-refractivity contribution in [3.63, 3.8) is 0 Å². The molecule has 0 aliphatic rings. The van der Waals surface area contributed by atoms with Gasteiger partial charge in [-0.2, -0.15) is 5.10 Å². The molecule has 7 heteroatoms. The molecule has 0 saturated heterocycles. The van der Waals surface area contributed by atoms with Crippen molar-refractivity contribution in [2.45, 2.75) is 27.3 Å². The molecule has 0 aromatic carbocycles. The molecule has 112 valence electrons. The Morgan fingerprint density at radius 1 is 1.43 bits per heavy atom. The highest BCUT2D eigenvalue weighted by molar-refractivity contribution is 6.30. The molecule has 0 fully saturated rings. The molecule has 6 nitrogen and oxygen atoms in total. The van der Waals surface area contributed by atoms with Crippen LogP contribution < -0.4 is 10.9 Å². The molecule has 0 atom stereocenters. The third-order valence-corrected chi connectivity index (χ3v) is 3.75. The second-order valence-corrected chi connectivity index (χ2v) is 5.25. The maximum absolute atomic E-state index is 11.9. The molecule has 2 N–H and O–H groups in total. The summed E-state index contributed by atoms with van der Waals surface area (Å²) < 4.78 is 1.87. The van der Waals surface area contributed by atoms with Gasteiger partial charge >= 0.3 is 0 Å². The number of nitrogens with zero attached hydrogens (tertiary/aromatic N) is 2. The lowest BCUT2D eigenvalue weighted by Gasteiger charge is -2.07. The van der Waals surface area contributed by atoms with Crippen molar-refractivity contribution in [1.82, 2.24) is 20.1 Å². The van der Waals surface area contributed by atoms with Crippen molar-refractivity contribution in [1.29, 1.82) is 0 Å². The molecule has 0 bridgehead atoms. The Morgan fingerprint density at radius 3 is 2.71 bits per heavy atom. The van der Waals surface area contributed by atoms with Crippen LogP contribution >= 0.6 is 11.6 Å². The van der Waals surface area contributed by atoms with Gasteiger partial charge in [0.1, 0.15) is 5.02 Å². The molecule has 0 radical (unpaired) electrons. The van der Waals surface area contributed by atoms with Crippen LogP contribution in [0.4, 0.5) is 0 Å². The van der Waals surface area contributed by atoms with E-state index in [0.29, 0.717) is 18.7 Å². The first-order chi connectivity index (χ1) is 9.90. The average Bonchev–Trinajstić information content (AvgIpc) is 2.69. The van der Waals surface area contributed by atoms with Gasteiger partial charge in [0.05, 0.1) is 17.8 Å². The second kappa shape index (κ2) is 6.13. The average molecular weight is 309 g/mol. The van der Waals surface area contributed by atoms with Crippen LogP contribution in [0, 0.1) is 20.8 Å². The largest absolute Gasteiger partial charge is 0.350 e. The molecule has 1 amide bonds. The lowest BCUT2D eigenvalue weighted by atomic mass is 10.2. The fraction of sp³-hybridized carbons (Fsp3) is 0.357. The molecule has 2 heterocycles. The number of pyridine rings is 1. The number of aryl methyl sites for hydroxylation is 1. The predicted molar refractivity (Wildman–Crippen MR) is 80.8 cm³/mol. The standard InChI is InChI=1S/C14H17ClN4O2/c1-8-9(2)18-19(10(8)3)5-4-16-13(20)11-6-12(15)14(21)17-7-11/h6-7H,4-5H2,1-3H3,(H,16,20)(H,17,21). The predicted octanol–water partition coefficient (Wildman–Crippen LogP) is 1.58. The smallest absolute Gasteiger partial charge is 0.266 e. The van der Waals surface area contributed by atoms with Gasteiger partial charge in [0, 0.05) is 18.4 Å². The summed E-state index contributed by atoms with van der Waals surface area (Å²) in [5.74, 6) is -0.286. The van der Waals surface area contributed by atoms with Crippen LogP contribution in [0.5, 0.6) is 0 Å². The Balaban J connectivity index is 1.96.